The van der Waals surface area contributed by atoms with Crippen molar-refractivity contribution < 1.29 is 19.1 Å². The molecule has 8 heteroatoms. The van der Waals surface area contributed by atoms with Crippen molar-refractivity contribution in [2.24, 2.45) is 11.7 Å². The van der Waals surface area contributed by atoms with Gasteiger partial charge in [-0.15, -0.1) is 0 Å². The van der Waals surface area contributed by atoms with Gasteiger partial charge >= 0.3 is 0 Å². The maximum absolute atomic E-state index is 12.4. The predicted octanol–water partition coefficient (Wildman–Crippen LogP) is -0.572. The van der Waals surface area contributed by atoms with Crippen LogP contribution < -0.4 is 11.1 Å². The highest BCUT2D eigenvalue weighted by molar-refractivity contribution is 5.85. The molecule has 0 aliphatic carbocycles. The monoisotopic (exact) mass is 344 g/mol. The third-order valence-electron chi connectivity index (χ3n) is 4.05. The Hall–Kier alpha value is -1.67. The molecule has 24 heavy (non-hydrogen) atoms. The summed E-state index contributed by atoms with van der Waals surface area (Å²) in [6.45, 7) is 4.12. The number of amides is 3. The average Bonchev–Trinajstić information content (AvgIpc) is 2.50. The lowest BCUT2D eigenvalue weighted by Gasteiger charge is -2.37. The number of hydrogen-bond acceptors (Lipinski definition) is 5. The van der Waals surface area contributed by atoms with Crippen LogP contribution in [0.4, 0.5) is 0 Å². The van der Waals surface area contributed by atoms with E-state index < -0.39 is 12.0 Å². The number of nitrogens with two attached hydrogens (primary N) is 1. The second-order valence-electron chi connectivity index (χ2n) is 6.34. The van der Waals surface area contributed by atoms with Crippen LogP contribution in [-0.2, 0) is 19.1 Å². The Bertz CT molecular complexity index is 428. The number of likely N-dealkylation sites (N-methyl/N-ethyl adjacent to an activating group) is 2. The molecule has 140 valence electrons. The number of hydrogen-bond donors (Lipinski definition) is 2. The summed E-state index contributed by atoms with van der Waals surface area (Å²) in [5.41, 5.74) is 5.29. The zero-order valence-electron chi connectivity index (χ0n) is 15.7. The molecular formula is C16H32N4O4. The SMILES string of the molecule is CCC(C)C(C(CC(N)=O)OC)N(C)C(=O)CNC(=O)CN(C)C. The van der Waals surface area contributed by atoms with Gasteiger partial charge in [0, 0.05) is 14.2 Å². The van der Waals surface area contributed by atoms with Crippen LogP contribution in [0.25, 0.3) is 0 Å². The van der Waals surface area contributed by atoms with Crippen molar-refractivity contribution in [2.75, 3.05) is 41.3 Å². The van der Waals surface area contributed by atoms with Crippen LogP contribution in [0.5, 0.6) is 0 Å². The van der Waals surface area contributed by atoms with E-state index in [0.717, 1.165) is 6.42 Å². The van der Waals surface area contributed by atoms with Gasteiger partial charge in [-0.05, 0) is 20.0 Å². The lowest BCUT2D eigenvalue weighted by molar-refractivity contribution is -0.139. The molecule has 3 unspecified atom stereocenters. The fourth-order valence-corrected chi connectivity index (χ4v) is 2.59. The Balaban J connectivity index is 4.96. The van der Waals surface area contributed by atoms with Crippen LogP contribution in [0.3, 0.4) is 0 Å². The molecule has 3 atom stereocenters. The molecule has 0 aromatic carbocycles. The molecule has 0 saturated heterocycles. The largest absolute Gasteiger partial charge is 0.379 e. The van der Waals surface area contributed by atoms with Gasteiger partial charge in [0.2, 0.25) is 17.7 Å². The molecule has 0 spiro atoms. The van der Waals surface area contributed by atoms with Crippen molar-refractivity contribution in [1.29, 1.82) is 0 Å². The summed E-state index contributed by atoms with van der Waals surface area (Å²) in [4.78, 5) is 38.6. The van der Waals surface area contributed by atoms with Crippen LogP contribution in [0.2, 0.25) is 0 Å². The van der Waals surface area contributed by atoms with Gasteiger partial charge in [0.25, 0.3) is 0 Å². The predicted molar refractivity (Wildman–Crippen MR) is 92.2 cm³/mol. The van der Waals surface area contributed by atoms with Crippen molar-refractivity contribution in [3.05, 3.63) is 0 Å². The van der Waals surface area contributed by atoms with Crippen molar-refractivity contribution in [2.45, 2.75) is 38.8 Å². The third-order valence-corrected chi connectivity index (χ3v) is 4.05. The van der Waals surface area contributed by atoms with Crippen LogP contribution in [-0.4, -0.2) is 81.0 Å². The Morgan fingerprint density at radius 1 is 1.21 bits per heavy atom. The van der Waals surface area contributed by atoms with E-state index >= 15 is 0 Å². The quantitative estimate of drug-likeness (QED) is 0.522. The zero-order chi connectivity index (χ0) is 18.9. The number of methoxy groups -OCH3 is 1. The molecule has 0 heterocycles. The summed E-state index contributed by atoms with van der Waals surface area (Å²) in [6, 6.07) is -0.300. The van der Waals surface area contributed by atoms with E-state index in [4.69, 9.17) is 10.5 Å². The minimum atomic E-state index is -0.483. The molecule has 3 amide bonds. The van der Waals surface area contributed by atoms with Crippen LogP contribution in [0, 0.1) is 5.92 Å². The van der Waals surface area contributed by atoms with E-state index in [1.165, 1.54) is 7.11 Å². The first-order chi connectivity index (χ1) is 11.1. The van der Waals surface area contributed by atoms with Crippen molar-refractivity contribution in [3.63, 3.8) is 0 Å². The summed E-state index contributed by atoms with van der Waals surface area (Å²) < 4.78 is 5.41. The molecule has 0 aliphatic heterocycles. The minimum Gasteiger partial charge on any atom is -0.379 e. The first kappa shape index (κ1) is 22.3. The van der Waals surface area contributed by atoms with E-state index in [-0.39, 0.29) is 43.3 Å². The normalized spacial score (nSPS) is 14.8. The van der Waals surface area contributed by atoms with Gasteiger partial charge in [0.05, 0.1) is 31.7 Å². The summed E-state index contributed by atoms with van der Waals surface area (Å²) in [6.07, 6.45) is 0.369. The van der Waals surface area contributed by atoms with Crippen molar-refractivity contribution in [3.8, 4) is 0 Å². The highest BCUT2D eigenvalue weighted by Gasteiger charge is 2.33. The van der Waals surface area contributed by atoms with Gasteiger partial charge in [-0.1, -0.05) is 20.3 Å². The number of primary amides is 1. The van der Waals surface area contributed by atoms with E-state index in [1.807, 2.05) is 13.8 Å². The van der Waals surface area contributed by atoms with E-state index in [2.05, 4.69) is 5.32 Å². The molecule has 0 saturated carbocycles. The molecule has 0 aliphatic rings. The molecule has 8 nitrogen and oxygen atoms in total. The van der Waals surface area contributed by atoms with E-state index in [9.17, 15) is 14.4 Å². The fourth-order valence-electron chi connectivity index (χ4n) is 2.59. The van der Waals surface area contributed by atoms with Gasteiger partial charge in [-0.3, -0.25) is 14.4 Å². The van der Waals surface area contributed by atoms with Gasteiger partial charge in [0.15, 0.2) is 0 Å². The maximum atomic E-state index is 12.4. The van der Waals surface area contributed by atoms with Crippen LogP contribution >= 0.6 is 0 Å². The summed E-state index contributed by atoms with van der Waals surface area (Å²) >= 11 is 0. The molecule has 0 aromatic rings. The number of nitrogens with zero attached hydrogens (tertiary/aromatic N) is 2. The van der Waals surface area contributed by atoms with Gasteiger partial charge in [-0.2, -0.15) is 0 Å². The minimum absolute atomic E-state index is 0.0378. The Morgan fingerprint density at radius 3 is 2.21 bits per heavy atom. The molecule has 0 bridgehead atoms. The number of rotatable bonds is 11. The van der Waals surface area contributed by atoms with Gasteiger partial charge in [0.1, 0.15) is 0 Å². The second-order valence-corrected chi connectivity index (χ2v) is 6.34. The Morgan fingerprint density at radius 2 is 1.79 bits per heavy atom. The number of nitrogens with one attached hydrogen (secondary N) is 1. The van der Waals surface area contributed by atoms with E-state index in [1.54, 1.807) is 30.9 Å². The molecule has 0 fully saturated rings. The summed E-state index contributed by atoms with van der Waals surface area (Å²) in [7, 11) is 6.71. The fraction of sp³-hybridized carbons (Fsp3) is 0.812. The highest BCUT2D eigenvalue weighted by Crippen LogP contribution is 2.21. The van der Waals surface area contributed by atoms with Gasteiger partial charge in [-0.25, -0.2) is 0 Å². The Labute approximate surface area is 144 Å². The summed E-state index contributed by atoms with van der Waals surface area (Å²) in [5, 5.41) is 2.60. The third kappa shape index (κ3) is 7.74. The topological polar surface area (TPSA) is 105 Å². The number of carbonyl (C=O) groups is 3. The van der Waals surface area contributed by atoms with Crippen LogP contribution in [0.15, 0.2) is 0 Å². The Kier molecular flexibility index (Phi) is 10.2. The van der Waals surface area contributed by atoms with Crippen molar-refractivity contribution >= 4 is 17.7 Å². The number of carbonyl (C=O) groups excluding carboxylic acids is 3. The smallest absolute Gasteiger partial charge is 0.242 e. The van der Waals surface area contributed by atoms with E-state index in [0.29, 0.717) is 0 Å². The highest BCUT2D eigenvalue weighted by atomic mass is 16.5. The lowest BCUT2D eigenvalue weighted by Crippen LogP contribution is -2.52. The molecule has 0 rings (SSSR count). The second kappa shape index (κ2) is 11.0. The lowest BCUT2D eigenvalue weighted by atomic mass is 9.91. The first-order valence-electron chi connectivity index (χ1n) is 8.12. The maximum Gasteiger partial charge on any atom is 0.242 e. The molecule has 0 radical (unpaired) electrons. The average molecular weight is 344 g/mol. The number of ether oxygens (including phenoxy) is 1. The molecule has 3 N–H and O–H groups in total. The first-order valence-corrected chi connectivity index (χ1v) is 8.12. The molecule has 0 aromatic heterocycles. The molecular weight excluding hydrogens is 312 g/mol. The van der Waals surface area contributed by atoms with Gasteiger partial charge < -0.3 is 25.6 Å². The standard InChI is InChI=1S/C16H32N4O4/c1-7-11(2)16(12(24-6)8-13(17)21)20(5)15(23)9-18-14(22)10-19(3)4/h11-12,16H,7-10H2,1-6H3,(H2,17,21)(H,18,22). The van der Waals surface area contributed by atoms with Crippen LogP contribution in [0.1, 0.15) is 26.7 Å². The van der Waals surface area contributed by atoms with Crippen molar-refractivity contribution in [1.82, 2.24) is 15.1 Å². The zero-order valence-corrected chi connectivity index (χ0v) is 15.7. The summed E-state index contributed by atoms with van der Waals surface area (Å²) in [5.74, 6) is -0.822.